The van der Waals surface area contributed by atoms with Crippen LogP contribution in [0.3, 0.4) is 0 Å². The lowest BCUT2D eigenvalue weighted by Gasteiger charge is -2.11. The lowest BCUT2D eigenvalue weighted by atomic mass is 10.2. The van der Waals surface area contributed by atoms with Gasteiger partial charge in [0.15, 0.2) is 17.3 Å². The smallest absolute Gasteiger partial charge is 0.277 e. The molecule has 2 aromatic carbocycles. The van der Waals surface area contributed by atoms with Crippen LogP contribution >= 0.6 is 11.6 Å². The number of hydrogen-bond donors (Lipinski definition) is 2. The minimum absolute atomic E-state index is 0.0280. The highest BCUT2D eigenvalue weighted by molar-refractivity contribution is 6.31. The van der Waals surface area contributed by atoms with Crippen molar-refractivity contribution in [1.82, 2.24) is 15.0 Å². The van der Waals surface area contributed by atoms with Gasteiger partial charge < -0.3 is 15.2 Å². The number of amides is 1. The Kier molecular flexibility index (Phi) is 5.56. The van der Waals surface area contributed by atoms with Gasteiger partial charge in [-0.05, 0) is 36.8 Å². The summed E-state index contributed by atoms with van der Waals surface area (Å²) in [7, 11) is 0. The van der Waals surface area contributed by atoms with Gasteiger partial charge in [0, 0.05) is 11.1 Å². The van der Waals surface area contributed by atoms with Gasteiger partial charge in [0.1, 0.15) is 5.75 Å². The van der Waals surface area contributed by atoms with E-state index in [9.17, 15) is 14.3 Å². The Hall–Kier alpha value is -3.13. The third-order valence-corrected chi connectivity index (χ3v) is 3.81. The number of aromatic nitrogens is 3. The highest BCUT2D eigenvalue weighted by Crippen LogP contribution is 2.28. The first-order valence-electron chi connectivity index (χ1n) is 8.13. The predicted octanol–water partition coefficient (Wildman–Crippen LogP) is 3.81. The third-order valence-electron chi connectivity index (χ3n) is 3.57. The Morgan fingerprint density at radius 2 is 2.15 bits per heavy atom. The van der Waals surface area contributed by atoms with Crippen molar-refractivity contribution in [2.45, 2.75) is 13.3 Å². The van der Waals surface area contributed by atoms with Gasteiger partial charge in [-0.2, -0.15) is 0 Å². The van der Waals surface area contributed by atoms with E-state index in [4.69, 9.17) is 16.3 Å². The Labute approximate surface area is 159 Å². The summed E-state index contributed by atoms with van der Waals surface area (Å²) in [6.45, 7) is 2.47. The molecule has 0 spiro atoms. The van der Waals surface area contributed by atoms with Crippen LogP contribution in [-0.2, 0) is 0 Å². The van der Waals surface area contributed by atoms with Crippen molar-refractivity contribution in [3.05, 3.63) is 59.1 Å². The van der Waals surface area contributed by atoms with Gasteiger partial charge in [-0.25, -0.2) is 9.07 Å². The van der Waals surface area contributed by atoms with Crippen LogP contribution in [0.5, 0.6) is 11.5 Å². The molecule has 0 radical (unpaired) electrons. The van der Waals surface area contributed by atoms with E-state index in [1.807, 2.05) is 6.92 Å². The number of benzene rings is 2. The number of ether oxygens (including phenoxy) is 1. The minimum Gasteiger partial charge on any atom is -0.505 e. The highest BCUT2D eigenvalue weighted by Gasteiger charge is 2.15. The summed E-state index contributed by atoms with van der Waals surface area (Å²) in [6.07, 6.45) is 2.17. The Bertz CT molecular complexity index is 977. The van der Waals surface area contributed by atoms with E-state index in [0.29, 0.717) is 28.8 Å². The average molecular weight is 391 g/mol. The Morgan fingerprint density at radius 3 is 2.89 bits per heavy atom. The van der Waals surface area contributed by atoms with Gasteiger partial charge in [0.25, 0.3) is 5.91 Å². The number of phenols is 1. The van der Waals surface area contributed by atoms with Gasteiger partial charge in [-0.15, -0.1) is 5.10 Å². The number of carbonyl (C=O) groups excluding carboxylic acids is 1. The number of carbonyl (C=O) groups is 1. The zero-order chi connectivity index (χ0) is 19.4. The second-order valence-corrected chi connectivity index (χ2v) is 6.06. The summed E-state index contributed by atoms with van der Waals surface area (Å²) in [4.78, 5) is 12.5. The summed E-state index contributed by atoms with van der Waals surface area (Å²) in [6, 6.07) is 8.59. The molecular weight excluding hydrogens is 375 g/mol. The van der Waals surface area contributed by atoms with Crippen molar-refractivity contribution < 1.29 is 19.0 Å². The summed E-state index contributed by atoms with van der Waals surface area (Å²) < 4.78 is 20.0. The van der Waals surface area contributed by atoms with Crippen LogP contribution in [0.2, 0.25) is 5.02 Å². The molecule has 1 aromatic heterocycles. The molecule has 3 rings (SSSR count). The van der Waals surface area contributed by atoms with E-state index in [0.717, 1.165) is 12.5 Å². The molecule has 0 saturated heterocycles. The van der Waals surface area contributed by atoms with Gasteiger partial charge in [0.2, 0.25) is 0 Å². The molecule has 0 bridgehead atoms. The third kappa shape index (κ3) is 4.35. The Balaban J connectivity index is 1.80. The van der Waals surface area contributed by atoms with Crippen LogP contribution in [0, 0.1) is 5.82 Å². The second-order valence-electron chi connectivity index (χ2n) is 5.63. The van der Waals surface area contributed by atoms with Crippen molar-refractivity contribution in [2.75, 3.05) is 11.9 Å². The first-order valence-corrected chi connectivity index (χ1v) is 8.50. The molecule has 7 nitrogen and oxygen atoms in total. The van der Waals surface area contributed by atoms with E-state index in [1.54, 1.807) is 18.2 Å². The van der Waals surface area contributed by atoms with E-state index in [-0.39, 0.29) is 5.69 Å². The molecule has 0 aliphatic rings. The average Bonchev–Trinajstić information content (AvgIpc) is 3.14. The number of nitrogens with one attached hydrogen (secondary N) is 1. The first kappa shape index (κ1) is 18.7. The van der Waals surface area contributed by atoms with Crippen LogP contribution in [0.1, 0.15) is 23.8 Å². The molecule has 140 valence electrons. The zero-order valence-corrected chi connectivity index (χ0v) is 15.1. The van der Waals surface area contributed by atoms with E-state index < -0.39 is 17.5 Å². The molecule has 27 heavy (non-hydrogen) atoms. The highest BCUT2D eigenvalue weighted by atomic mass is 35.5. The standard InChI is InChI=1S/C18H16ClFN4O3/c1-2-7-27-17-6-3-11(19)8-14(17)21-18(26)15-10-24(23-22-15)12-4-5-13(20)16(25)9-12/h3-6,8-10,25H,2,7H2,1H3,(H,21,26). The molecule has 2 N–H and O–H groups in total. The number of nitrogens with zero attached hydrogens (tertiary/aromatic N) is 3. The Morgan fingerprint density at radius 1 is 1.33 bits per heavy atom. The molecule has 0 aliphatic heterocycles. The molecule has 0 saturated carbocycles. The second kappa shape index (κ2) is 8.05. The molecular formula is C18H16ClFN4O3. The van der Waals surface area contributed by atoms with Crippen molar-refractivity contribution in [2.24, 2.45) is 0 Å². The maximum Gasteiger partial charge on any atom is 0.277 e. The first-order chi connectivity index (χ1) is 13.0. The SMILES string of the molecule is CCCOc1ccc(Cl)cc1NC(=O)c1cn(-c2ccc(F)c(O)c2)nn1. The molecule has 3 aromatic rings. The van der Waals surface area contributed by atoms with E-state index in [1.165, 1.54) is 23.0 Å². The summed E-state index contributed by atoms with van der Waals surface area (Å²) in [5.41, 5.74) is 0.797. The largest absolute Gasteiger partial charge is 0.505 e. The molecule has 1 heterocycles. The predicted molar refractivity (Wildman–Crippen MR) is 98.2 cm³/mol. The van der Waals surface area contributed by atoms with Crippen LogP contribution in [0.15, 0.2) is 42.6 Å². The van der Waals surface area contributed by atoms with Crippen molar-refractivity contribution >= 4 is 23.2 Å². The molecule has 1 amide bonds. The fraction of sp³-hybridized carbons (Fsp3) is 0.167. The topological polar surface area (TPSA) is 89.3 Å². The number of phenolic OH excluding ortho intramolecular Hbond substituents is 1. The van der Waals surface area contributed by atoms with Crippen molar-refractivity contribution in [3.63, 3.8) is 0 Å². The van der Waals surface area contributed by atoms with Crippen LogP contribution in [0.4, 0.5) is 10.1 Å². The maximum absolute atomic E-state index is 13.2. The van der Waals surface area contributed by atoms with Gasteiger partial charge in [0.05, 0.1) is 24.2 Å². The number of aromatic hydroxyl groups is 1. The van der Waals surface area contributed by atoms with Crippen molar-refractivity contribution in [3.8, 4) is 17.2 Å². The number of hydrogen-bond acceptors (Lipinski definition) is 5. The summed E-state index contributed by atoms with van der Waals surface area (Å²) in [5, 5.41) is 20.2. The summed E-state index contributed by atoms with van der Waals surface area (Å²) >= 11 is 6.00. The van der Waals surface area contributed by atoms with E-state index in [2.05, 4.69) is 15.6 Å². The van der Waals surface area contributed by atoms with E-state index >= 15 is 0 Å². The van der Waals surface area contributed by atoms with Gasteiger partial charge >= 0.3 is 0 Å². The number of rotatable bonds is 6. The van der Waals surface area contributed by atoms with Crippen LogP contribution in [0.25, 0.3) is 5.69 Å². The zero-order valence-electron chi connectivity index (χ0n) is 14.3. The minimum atomic E-state index is -0.752. The summed E-state index contributed by atoms with van der Waals surface area (Å²) in [5.74, 6) is -1.30. The number of anilines is 1. The quantitative estimate of drug-likeness (QED) is 0.668. The number of halogens is 2. The maximum atomic E-state index is 13.2. The molecule has 0 unspecified atom stereocenters. The van der Waals surface area contributed by atoms with Gasteiger partial charge in [-0.1, -0.05) is 23.7 Å². The normalized spacial score (nSPS) is 10.6. The lowest BCUT2D eigenvalue weighted by Crippen LogP contribution is -2.13. The molecule has 0 fully saturated rings. The fourth-order valence-electron chi connectivity index (χ4n) is 2.26. The van der Waals surface area contributed by atoms with Crippen LogP contribution < -0.4 is 10.1 Å². The van der Waals surface area contributed by atoms with Crippen LogP contribution in [-0.4, -0.2) is 32.6 Å². The molecule has 0 atom stereocenters. The van der Waals surface area contributed by atoms with Gasteiger partial charge in [-0.3, -0.25) is 4.79 Å². The molecule has 0 aliphatic carbocycles. The fourth-order valence-corrected chi connectivity index (χ4v) is 2.43. The van der Waals surface area contributed by atoms with Crippen molar-refractivity contribution in [1.29, 1.82) is 0 Å². The lowest BCUT2D eigenvalue weighted by molar-refractivity contribution is 0.102. The monoisotopic (exact) mass is 390 g/mol. The molecule has 9 heteroatoms.